The van der Waals surface area contributed by atoms with Crippen LogP contribution in [0.3, 0.4) is 0 Å². The Balaban J connectivity index is 1.32. The zero-order valence-corrected chi connectivity index (χ0v) is 26.3. The van der Waals surface area contributed by atoms with Crippen LogP contribution in [0.1, 0.15) is 36.1 Å². The number of carbonyl (C=O) groups is 2. The summed E-state index contributed by atoms with van der Waals surface area (Å²) in [5.74, 6) is -0.0362. The topological polar surface area (TPSA) is 91.9 Å². The highest BCUT2D eigenvalue weighted by Crippen LogP contribution is 2.17. The number of nitrogens with zero attached hydrogens (tertiary/aromatic N) is 1. The molecule has 0 fully saturated rings. The molecule has 8 nitrogen and oxygen atoms in total. The van der Waals surface area contributed by atoms with Crippen molar-refractivity contribution in [2.24, 2.45) is 5.92 Å². The van der Waals surface area contributed by atoms with Crippen LogP contribution >= 0.6 is 0 Å². The quantitative estimate of drug-likeness (QED) is 0.141. The lowest BCUT2D eigenvalue weighted by atomic mass is 10.1. The molecule has 2 amide bonds. The number of nitrogens with one attached hydrogen (secondary N) is 3. The van der Waals surface area contributed by atoms with Crippen LogP contribution in [0.15, 0.2) is 97.1 Å². The van der Waals surface area contributed by atoms with Gasteiger partial charge in [-0.15, -0.1) is 0 Å². The maximum atomic E-state index is 13.4. The van der Waals surface area contributed by atoms with Gasteiger partial charge in [0.2, 0.25) is 11.8 Å². The number of rotatable bonds is 16. The van der Waals surface area contributed by atoms with Gasteiger partial charge in [0, 0.05) is 26.1 Å². The average Bonchev–Trinajstić information content (AvgIpc) is 3.06. The molecule has 0 saturated carbocycles. The summed E-state index contributed by atoms with van der Waals surface area (Å²) >= 11 is 0. The number of amides is 2. The summed E-state index contributed by atoms with van der Waals surface area (Å²) in [4.78, 5) is 26.0. The molecule has 0 spiro atoms. The molecule has 0 aromatic heterocycles. The molecule has 0 bridgehead atoms. The number of halogens is 2. The molecule has 4 aromatic carbocycles. The number of likely N-dealkylation sites (N-methyl/N-ethyl adjacent to an activating group) is 1. The van der Waals surface area contributed by atoms with Crippen molar-refractivity contribution < 1.29 is 27.8 Å². The van der Waals surface area contributed by atoms with Crippen LogP contribution in [-0.4, -0.2) is 36.5 Å². The monoisotopic (exact) mass is 630 g/mol. The maximum absolute atomic E-state index is 13.4. The SMILES string of the molecule is CNC(=O)C(CN(NCc1ccc(OCc2cccc(F)c2)cc1)C(=O)C(C)C)NCc1ccc(OCc2cccc(F)c2)cc1. The molecule has 0 aliphatic carbocycles. The molecule has 3 N–H and O–H groups in total. The molecule has 0 aliphatic heterocycles. The second kappa shape index (κ2) is 17.0. The van der Waals surface area contributed by atoms with Crippen LogP contribution < -0.4 is 25.5 Å². The summed E-state index contributed by atoms with van der Waals surface area (Å²) in [6.07, 6.45) is 0. The Morgan fingerprint density at radius 1 is 0.717 bits per heavy atom. The van der Waals surface area contributed by atoms with E-state index in [2.05, 4.69) is 16.1 Å². The van der Waals surface area contributed by atoms with Gasteiger partial charge in [0.25, 0.3) is 0 Å². The fourth-order valence-corrected chi connectivity index (χ4v) is 4.56. The second-order valence-electron chi connectivity index (χ2n) is 11.1. The third kappa shape index (κ3) is 10.7. The van der Waals surface area contributed by atoms with Crippen LogP contribution in [0, 0.1) is 17.6 Å². The van der Waals surface area contributed by atoms with E-state index < -0.39 is 6.04 Å². The van der Waals surface area contributed by atoms with Crippen molar-refractivity contribution in [3.8, 4) is 11.5 Å². The van der Waals surface area contributed by atoms with Gasteiger partial charge in [-0.05, 0) is 70.8 Å². The number of carbonyl (C=O) groups excluding carboxylic acids is 2. The lowest BCUT2D eigenvalue weighted by Crippen LogP contribution is -2.55. The summed E-state index contributed by atoms with van der Waals surface area (Å²) in [6, 6.07) is 26.6. The van der Waals surface area contributed by atoms with E-state index >= 15 is 0 Å². The Labute approximate surface area is 268 Å². The van der Waals surface area contributed by atoms with Gasteiger partial charge in [-0.1, -0.05) is 62.4 Å². The van der Waals surface area contributed by atoms with Crippen molar-refractivity contribution in [1.29, 1.82) is 0 Å². The third-order valence-electron chi connectivity index (χ3n) is 7.15. The summed E-state index contributed by atoms with van der Waals surface area (Å²) in [7, 11) is 1.56. The molecule has 46 heavy (non-hydrogen) atoms. The van der Waals surface area contributed by atoms with Crippen molar-refractivity contribution in [1.82, 2.24) is 21.1 Å². The van der Waals surface area contributed by atoms with Crippen molar-refractivity contribution in [2.75, 3.05) is 13.6 Å². The van der Waals surface area contributed by atoms with Gasteiger partial charge in [0.15, 0.2) is 0 Å². The first-order chi connectivity index (χ1) is 22.2. The van der Waals surface area contributed by atoms with Crippen molar-refractivity contribution >= 4 is 11.8 Å². The van der Waals surface area contributed by atoms with E-state index in [9.17, 15) is 18.4 Å². The first-order valence-electron chi connectivity index (χ1n) is 15.1. The van der Waals surface area contributed by atoms with Crippen LogP contribution in [-0.2, 0) is 35.9 Å². The van der Waals surface area contributed by atoms with Crippen LogP contribution in [0.5, 0.6) is 11.5 Å². The molecule has 0 heterocycles. The second-order valence-corrected chi connectivity index (χ2v) is 11.1. The number of hydrogen-bond acceptors (Lipinski definition) is 6. The number of benzene rings is 4. The van der Waals surface area contributed by atoms with E-state index in [-0.39, 0.29) is 49.1 Å². The molecule has 0 aliphatic rings. The summed E-state index contributed by atoms with van der Waals surface area (Å²) in [5, 5.41) is 7.42. The van der Waals surface area contributed by atoms with Gasteiger partial charge < -0.3 is 20.1 Å². The minimum atomic E-state index is -0.692. The minimum Gasteiger partial charge on any atom is -0.489 e. The summed E-state index contributed by atoms with van der Waals surface area (Å²) in [5.41, 5.74) is 6.48. The highest BCUT2D eigenvalue weighted by Gasteiger charge is 2.25. The molecular formula is C36H40F2N4O4. The predicted octanol–water partition coefficient (Wildman–Crippen LogP) is 5.52. The molecule has 1 atom stereocenters. The van der Waals surface area contributed by atoms with Gasteiger partial charge in [-0.2, -0.15) is 0 Å². The smallest absolute Gasteiger partial charge is 0.239 e. The highest BCUT2D eigenvalue weighted by atomic mass is 19.1. The van der Waals surface area contributed by atoms with E-state index in [4.69, 9.17) is 9.47 Å². The van der Waals surface area contributed by atoms with Crippen molar-refractivity contribution in [3.63, 3.8) is 0 Å². The predicted molar refractivity (Wildman–Crippen MR) is 172 cm³/mol. The Hall–Kier alpha value is -4.80. The molecule has 0 radical (unpaired) electrons. The molecule has 1 unspecified atom stereocenters. The number of hydrogen-bond donors (Lipinski definition) is 3. The van der Waals surface area contributed by atoms with E-state index in [1.54, 1.807) is 31.3 Å². The zero-order chi connectivity index (χ0) is 32.9. The van der Waals surface area contributed by atoms with Gasteiger partial charge in [0.1, 0.15) is 42.4 Å². The van der Waals surface area contributed by atoms with Gasteiger partial charge in [-0.3, -0.25) is 14.6 Å². The van der Waals surface area contributed by atoms with Crippen molar-refractivity contribution in [2.45, 2.75) is 46.2 Å². The Morgan fingerprint density at radius 2 is 1.22 bits per heavy atom. The zero-order valence-electron chi connectivity index (χ0n) is 26.3. The van der Waals surface area contributed by atoms with E-state index in [1.165, 1.54) is 29.3 Å². The van der Waals surface area contributed by atoms with Gasteiger partial charge in [-0.25, -0.2) is 14.2 Å². The van der Waals surface area contributed by atoms with E-state index in [0.29, 0.717) is 24.6 Å². The summed E-state index contributed by atoms with van der Waals surface area (Å²) in [6.45, 7) is 4.93. The van der Waals surface area contributed by atoms with Gasteiger partial charge >= 0.3 is 0 Å². The first-order valence-corrected chi connectivity index (χ1v) is 15.1. The molecule has 0 saturated heterocycles. The van der Waals surface area contributed by atoms with Crippen molar-refractivity contribution in [3.05, 3.63) is 131 Å². The molecule has 4 rings (SSSR count). The molecule has 4 aromatic rings. The van der Waals surface area contributed by atoms with Crippen LogP contribution in [0.4, 0.5) is 8.78 Å². The Bertz CT molecular complexity index is 1570. The van der Waals surface area contributed by atoms with E-state index in [0.717, 1.165) is 22.3 Å². The normalized spacial score (nSPS) is 11.6. The lowest BCUT2D eigenvalue weighted by Gasteiger charge is -2.29. The average molecular weight is 631 g/mol. The fraction of sp³-hybridized carbons (Fsp3) is 0.278. The molecule has 10 heteroatoms. The highest BCUT2D eigenvalue weighted by molar-refractivity contribution is 5.83. The maximum Gasteiger partial charge on any atom is 0.239 e. The first kappa shape index (κ1) is 34.1. The lowest BCUT2D eigenvalue weighted by molar-refractivity contribution is -0.139. The fourth-order valence-electron chi connectivity index (χ4n) is 4.56. The van der Waals surface area contributed by atoms with E-state index in [1.807, 2.05) is 62.4 Å². The number of hydrazine groups is 1. The molecular weight excluding hydrogens is 590 g/mol. The standard InChI is InChI=1S/C36H40F2N4O4/c1-25(2)36(44)42(41-21-27-12-16-33(17-13-27)46-24-29-7-5-9-31(38)19-29)22-34(35(43)39-3)40-20-26-10-14-32(15-11-26)45-23-28-6-4-8-30(37)18-28/h4-19,25,34,40-41H,20-24H2,1-3H3,(H,39,43). The number of ether oxygens (including phenoxy) is 2. The van der Waals surface area contributed by atoms with Crippen LogP contribution in [0.25, 0.3) is 0 Å². The summed E-state index contributed by atoms with van der Waals surface area (Å²) < 4.78 is 38.4. The van der Waals surface area contributed by atoms with Crippen LogP contribution in [0.2, 0.25) is 0 Å². The third-order valence-corrected chi connectivity index (χ3v) is 7.15. The largest absolute Gasteiger partial charge is 0.489 e. The van der Waals surface area contributed by atoms with Gasteiger partial charge in [0.05, 0.1) is 6.54 Å². The molecule has 242 valence electrons. The minimum absolute atomic E-state index is 0.0976. The Kier molecular flexibility index (Phi) is 12.6. The Morgan fingerprint density at radius 3 is 1.67 bits per heavy atom.